The number of sulfonamides is 1. The summed E-state index contributed by atoms with van der Waals surface area (Å²) in [6.45, 7) is 4.32. The van der Waals surface area contributed by atoms with E-state index in [0.29, 0.717) is 21.3 Å². The maximum Gasteiger partial charge on any atom is 0.267 e. The number of rotatable bonds is 6. The van der Waals surface area contributed by atoms with E-state index < -0.39 is 34.3 Å². The van der Waals surface area contributed by atoms with Gasteiger partial charge >= 0.3 is 0 Å². The van der Waals surface area contributed by atoms with Crippen LogP contribution in [0.3, 0.4) is 0 Å². The van der Waals surface area contributed by atoms with Gasteiger partial charge in [-0.1, -0.05) is 23.8 Å². The lowest BCUT2D eigenvalue weighted by atomic mass is 9.96. The molecular formula is C23H27N3O6S. The molecule has 3 rings (SSSR count). The molecule has 1 saturated heterocycles. The molecule has 1 aliphatic rings. The fourth-order valence-corrected chi connectivity index (χ4v) is 5.14. The van der Waals surface area contributed by atoms with E-state index in [-0.39, 0.29) is 23.8 Å². The summed E-state index contributed by atoms with van der Waals surface area (Å²) in [4.78, 5) is 37.0. The van der Waals surface area contributed by atoms with E-state index >= 15 is 0 Å². The first-order chi connectivity index (χ1) is 15.5. The minimum absolute atomic E-state index is 0.00578. The highest BCUT2D eigenvalue weighted by molar-refractivity contribution is 7.89. The highest BCUT2D eigenvalue weighted by atomic mass is 32.2. The van der Waals surface area contributed by atoms with Gasteiger partial charge in [-0.3, -0.25) is 14.4 Å². The number of aryl methyl sites for hydroxylation is 2. The van der Waals surface area contributed by atoms with E-state index in [9.17, 15) is 22.8 Å². The van der Waals surface area contributed by atoms with Crippen molar-refractivity contribution in [3.63, 3.8) is 0 Å². The number of carbonyl (C=O) groups excluding carboxylic acids is 3. The Kier molecular flexibility index (Phi) is 7.06. The number of nitrogens with zero attached hydrogens (tertiary/aromatic N) is 1. The SMILES string of the molecule is COc1ccc(C)cc1CC1CNC(=O)CN(S(=O)(=O)c2ccc(C)c(NC(C)=O)c2)C1=O. The van der Waals surface area contributed by atoms with Crippen LogP contribution in [-0.2, 0) is 30.8 Å². The molecule has 1 aliphatic heterocycles. The molecule has 0 radical (unpaired) electrons. The van der Waals surface area contributed by atoms with E-state index in [1.54, 1.807) is 13.0 Å². The van der Waals surface area contributed by atoms with Gasteiger partial charge in [-0.15, -0.1) is 0 Å². The van der Waals surface area contributed by atoms with E-state index in [1.165, 1.54) is 32.2 Å². The molecule has 2 aromatic carbocycles. The standard InChI is InChI=1S/C23H27N3O6S/c1-14-5-8-21(32-4)17(9-14)10-18-12-24-22(28)13-26(23(18)29)33(30,31)19-7-6-15(2)20(11-19)25-16(3)27/h5-9,11,18H,10,12-13H2,1-4H3,(H,24,28)(H,25,27). The Morgan fingerprint density at radius 2 is 1.91 bits per heavy atom. The smallest absolute Gasteiger partial charge is 0.267 e. The number of anilines is 1. The Bertz CT molecular complexity index is 1210. The second kappa shape index (κ2) is 9.62. The Hall–Kier alpha value is -3.40. The predicted octanol–water partition coefficient (Wildman–Crippen LogP) is 1.78. The maximum atomic E-state index is 13.4. The van der Waals surface area contributed by atoms with Crippen molar-refractivity contribution < 1.29 is 27.5 Å². The summed E-state index contributed by atoms with van der Waals surface area (Å²) in [5, 5.41) is 5.21. The topological polar surface area (TPSA) is 122 Å². The summed E-state index contributed by atoms with van der Waals surface area (Å²) in [5.74, 6) is -1.83. The molecule has 1 fully saturated rings. The molecular weight excluding hydrogens is 446 g/mol. The molecule has 9 nitrogen and oxygen atoms in total. The van der Waals surface area contributed by atoms with Crippen molar-refractivity contribution in [3.8, 4) is 5.75 Å². The molecule has 0 spiro atoms. The molecule has 10 heteroatoms. The van der Waals surface area contributed by atoms with Crippen molar-refractivity contribution in [1.82, 2.24) is 9.62 Å². The zero-order valence-electron chi connectivity index (χ0n) is 19.0. The van der Waals surface area contributed by atoms with Gasteiger partial charge in [0.15, 0.2) is 0 Å². The number of hydrogen-bond donors (Lipinski definition) is 2. The molecule has 0 bridgehead atoms. The third-order valence-corrected chi connectivity index (χ3v) is 7.18. The fraction of sp³-hybridized carbons (Fsp3) is 0.348. The van der Waals surface area contributed by atoms with Gasteiger partial charge < -0.3 is 15.4 Å². The van der Waals surface area contributed by atoms with Crippen molar-refractivity contribution in [2.75, 3.05) is 25.5 Å². The van der Waals surface area contributed by atoms with Crippen LogP contribution in [0.15, 0.2) is 41.3 Å². The van der Waals surface area contributed by atoms with Crippen LogP contribution in [0.1, 0.15) is 23.6 Å². The molecule has 0 aromatic heterocycles. The third kappa shape index (κ3) is 5.33. The van der Waals surface area contributed by atoms with Crippen molar-refractivity contribution in [2.24, 2.45) is 5.92 Å². The second-order valence-corrected chi connectivity index (χ2v) is 9.89. The monoisotopic (exact) mass is 473 g/mol. The molecule has 1 unspecified atom stereocenters. The molecule has 176 valence electrons. The van der Waals surface area contributed by atoms with E-state index in [4.69, 9.17) is 4.74 Å². The molecule has 33 heavy (non-hydrogen) atoms. The lowest BCUT2D eigenvalue weighted by Crippen LogP contribution is -2.42. The number of amides is 3. The normalized spacial score (nSPS) is 16.7. The number of methoxy groups -OCH3 is 1. The van der Waals surface area contributed by atoms with Gasteiger partial charge in [0.25, 0.3) is 10.0 Å². The van der Waals surface area contributed by atoms with Crippen LogP contribution in [0.5, 0.6) is 5.75 Å². The van der Waals surface area contributed by atoms with Crippen LogP contribution < -0.4 is 15.4 Å². The van der Waals surface area contributed by atoms with Gasteiger partial charge in [0.1, 0.15) is 12.3 Å². The molecule has 0 aliphatic carbocycles. The van der Waals surface area contributed by atoms with Crippen molar-refractivity contribution in [3.05, 3.63) is 53.1 Å². The van der Waals surface area contributed by atoms with Gasteiger partial charge in [-0.2, -0.15) is 0 Å². The largest absolute Gasteiger partial charge is 0.496 e. The van der Waals surface area contributed by atoms with E-state index in [0.717, 1.165) is 11.1 Å². The number of hydrogen-bond acceptors (Lipinski definition) is 6. The molecule has 1 heterocycles. The van der Waals surface area contributed by atoms with Crippen LogP contribution in [0.25, 0.3) is 0 Å². The average molecular weight is 474 g/mol. The highest BCUT2D eigenvalue weighted by Crippen LogP contribution is 2.28. The zero-order valence-corrected chi connectivity index (χ0v) is 19.8. The summed E-state index contributed by atoms with van der Waals surface area (Å²) in [5.41, 5.74) is 2.68. The van der Waals surface area contributed by atoms with Gasteiger partial charge in [0.2, 0.25) is 17.7 Å². The van der Waals surface area contributed by atoms with E-state index in [1.807, 2.05) is 19.1 Å². The molecule has 3 amide bonds. The van der Waals surface area contributed by atoms with Gasteiger partial charge in [-0.25, -0.2) is 12.7 Å². The lowest BCUT2D eigenvalue weighted by molar-refractivity contribution is -0.131. The number of ether oxygens (including phenoxy) is 1. The van der Waals surface area contributed by atoms with Crippen LogP contribution >= 0.6 is 0 Å². The van der Waals surface area contributed by atoms with Crippen LogP contribution in [-0.4, -0.2) is 50.6 Å². The number of nitrogens with one attached hydrogen (secondary N) is 2. The molecule has 2 N–H and O–H groups in total. The molecule has 1 atom stereocenters. The number of benzene rings is 2. The predicted molar refractivity (Wildman–Crippen MR) is 122 cm³/mol. The maximum absolute atomic E-state index is 13.4. The quantitative estimate of drug-likeness (QED) is 0.660. The average Bonchev–Trinajstić information content (AvgIpc) is 2.89. The second-order valence-electron chi connectivity index (χ2n) is 8.03. The minimum atomic E-state index is -4.35. The van der Waals surface area contributed by atoms with Gasteiger partial charge in [0, 0.05) is 19.2 Å². The van der Waals surface area contributed by atoms with Gasteiger partial charge in [-0.05, 0) is 49.6 Å². The van der Waals surface area contributed by atoms with Crippen LogP contribution in [0.4, 0.5) is 5.69 Å². The Morgan fingerprint density at radius 1 is 1.18 bits per heavy atom. The van der Waals surface area contributed by atoms with E-state index in [2.05, 4.69) is 10.6 Å². The third-order valence-electron chi connectivity index (χ3n) is 5.44. The first-order valence-corrected chi connectivity index (χ1v) is 11.8. The summed E-state index contributed by atoms with van der Waals surface area (Å²) in [6, 6.07) is 9.72. The van der Waals surface area contributed by atoms with Crippen molar-refractivity contribution in [2.45, 2.75) is 32.1 Å². The Morgan fingerprint density at radius 3 is 2.58 bits per heavy atom. The lowest BCUT2D eigenvalue weighted by Gasteiger charge is -2.24. The van der Waals surface area contributed by atoms with Crippen LogP contribution in [0.2, 0.25) is 0 Å². The number of carbonyl (C=O) groups is 3. The highest BCUT2D eigenvalue weighted by Gasteiger charge is 2.38. The Balaban J connectivity index is 1.98. The minimum Gasteiger partial charge on any atom is -0.496 e. The van der Waals surface area contributed by atoms with Gasteiger partial charge in [0.05, 0.1) is 17.9 Å². The van der Waals surface area contributed by atoms with Crippen molar-refractivity contribution >= 4 is 33.4 Å². The van der Waals surface area contributed by atoms with Crippen LogP contribution in [0, 0.1) is 19.8 Å². The van der Waals surface area contributed by atoms with Crippen molar-refractivity contribution in [1.29, 1.82) is 0 Å². The summed E-state index contributed by atoms with van der Waals surface area (Å²) >= 11 is 0. The summed E-state index contributed by atoms with van der Waals surface area (Å²) in [6.07, 6.45) is 0.195. The Labute approximate surface area is 193 Å². The first kappa shape index (κ1) is 24.2. The molecule has 2 aromatic rings. The zero-order chi connectivity index (χ0) is 24.3. The summed E-state index contributed by atoms with van der Waals surface area (Å²) in [7, 11) is -2.83. The molecule has 0 saturated carbocycles. The summed E-state index contributed by atoms with van der Waals surface area (Å²) < 4.78 is 32.8. The fourth-order valence-electron chi connectivity index (χ4n) is 3.70. The first-order valence-electron chi connectivity index (χ1n) is 10.4.